The summed E-state index contributed by atoms with van der Waals surface area (Å²) in [6.07, 6.45) is 1.17. The molecule has 33 heavy (non-hydrogen) atoms. The molecule has 1 amide bonds. The predicted octanol–water partition coefficient (Wildman–Crippen LogP) is 5.29. The van der Waals surface area contributed by atoms with Gasteiger partial charge in [0.2, 0.25) is 0 Å². The minimum absolute atomic E-state index is 0.000655. The number of benzene rings is 3. The highest BCUT2D eigenvalue weighted by atomic mass is 32.2. The van der Waals surface area contributed by atoms with Crippen LogP contribution in [0.2, 0.25) is 0 Å². The molecule has 0 fully saturated rings. The predicted molar refractivity (Wildman–Crippen MR) is 130 cm³/mol. The zero-order chi connectivity index (χ0) is 23.9. The van der Waals surface area contributed by atoms with Crippen LogP contribution in [-0.4, -0.2) is 33.2 Å². The van der Waals surface area contributed by atoms with E-state index in [1.165, 1.54) is 30.5 Å². The van der Waals surface area contributed by atoms with E-state index in [-0.39, 0.29) is 16.8 Å². The highest BCUT2D eigenvalue weighted by Crippen LogP contribution is 2.41. The number of fused-ring (bicyclic) bond motifs is 1. The first-order valence-corrected chi connectivity index (χ1v) is 12.4. The van der Waals surface area contributed by atoms with E-state index in [0.29, 0.717) is 12.1 Å². The average Bonchev–Trinajstić information content (AvgIpc) is 2.77. The number of rotatable bonds is 4. The Labute approximate surface area is 193 Å². The van der Waals surface area contributed by atoms with Crippen LogP contribution in [-0.2, 0) is 9.84 Å². The number of nitrogens with zero attached hydrogens (tertiary/aromatic N) is 2. The van der Waals surface area contributed by atoms with Crippen LogP contribution in [0.15, 0.2) is 83.9 Å². The van der Waals surface area contributed by atoms with Gasteiger partial charge >= 0.3 is 0 Å². The van der Waals surface area contributed by atoms with Crippen LogP contribution in [0.3, 0.4) is 0 Å². The summed E-state index contributed by atoms with van der Waals surface area (Å²) in [7, 11) is -3.29. The Morgan fingerprint density at radius 2 is 1.58 bits per heavy atom. The summed E-state index contributed by atoms with van der Waals surface area (Å²) in [5.41, 5.74) is 4.52. The zero-order valence-electron chi connectivity index (χ0n) is 18.7. The van der Waals surface area contributed by atoms with Crippen molar-refractivity contribution in [2.24, 2.45) is 0 Å². The van der Waals surface area contributed by atoms with Crippen molar-refractivity contribution in [3.63, 3.8) is 0 Å². The van der Waals surface area contributed by atoms with Gasteiger partial charge in [-0.05, 0) is 73.5 Å². The van der Waals surface area contributed by atoms with Crippen LogP contribution >= 0.6 is 0 Å². The van der Waals surface area contributed by atoms with Crippen molar-refractivity contribution >= 4 is 27.1 Å². The molecule has 3 aromatic rings. The molecule has 1 aliphatic heterocycles. The van der Waals surface area contributed by atoms with Crippen LogP contribution in [0.1, 0.15) is 24.2 Å². The second-order valence-corrected chi connectivity index (χ2v) is 10.4. The Morgan fingerprint density at radius 1 is 0.970 bits per heavy atom. The smallest absolute Gasteiger partial charge is 0.258 e. The van der Waals surface area contributed by atoms with Gasteiger partial charge in [-0.25, -0.2) is 12.8 Å². The molecule has 0 unspecified atom stereocenters. The van der Waals surface area contributed by atoms with Crippen molar-refractivity contribution in [2.75, 3.05) is 22.6 Å². The Hall–Kier alpha value is -3.45. The third-order valence-electron chi connectivity index (χ3n) is 5.78. The van der Waals surface area contributed by atoms with Crippen LogP contribution in [0.25, 0.3) is 11.1 Å². The van der Waals surface area contributed by atoms with E-state index in [9.17, 15) is 17.6 Å². The summed E-state index contributed by atoms with van der Waals surface area (Å²) in [5, 5.41) is 0. The lowest BCUT2D eigenvalue weighted by Gasteiger charge is -2.43. The number of amides is 1. The maximum Gasteiger partial charge on any atom is 0.258 e. The molecule has 0 saturated heterocycles. The van der Waals surface area contributed by atoms with Gasteiger partial charge in [-0.3, -0.25) is 4.79 Å². The molecule has 0 aromatic heterocycles. The number of anilines is 2. The lowest BCUT2D eigenvalue weighted by atomic mass is 9.99. The number of sulfone groups is 1. The van der Waals surface area contributed by atoms with Crippen LogP contribution in [0.5, 0.6) is 0 Å². The molecule has 0 aliphatic carbocycles. The van der Waals surface area contributed by atoms with Gasteiger partial charge in [-0.15, -0.1) is 0 Å². The van der Waals surface area contributed by atoms with Gasteiger partial charge in [0.25, 0.3) is 5.91 Å². The summed E-state index contributed by atoms with van der Waals surface area (Å²) < 4.78 is 37.0. The van der Waals surface area contributed by atoms with Crippen molar-refractivity contribution < 1.29 is 17.6 Å². The number of hydrogen-bond donors (Lipinski definition) is 0. The molecular weight excluding hydrogens is 439 g/mol. The van der Waals surface area contributed by atoms with Gasteiger partial charge < -0.3 is 9.80 Å². The summed E-state index contributed by atoms with van der Waals surface area (Å²) in [6, 6.07) is 18.0. The molecule has 0 spiro atoms. The van der Waals surface area contributed by atoms with E-state index < -0.39 is 15.7 Å². The third-order valence-corrected chi connectivity index (χ3v) is 6.91. The summed E-state index contributed by atoms with van der Waals surface area (Å²) >= 11 is 0. The molecule has 1 atom stereocenters. The maximum absolute atomic E-state index is 13.4. The van der Waals surface area contributed by atoms with Gasteiger partial charge in [-0.1, -0.05) is 24.8 Å². The summed E-state index contributed by atoms with van der Waals surface area (Å²) in [5.74, 6) is -0.610. The Morgan fingerprint density at radius 3 is 2.15 bits per heavy atom. The van der Waals surface area contributed by atoms with Crippen LogP contribution in [0.4, 0.5) is 15.8 Å². The molecule has 170 valence electrons. The van der Waals surface area contributed by atoms with Crippen molar-refractivity contribution in [1.82, 2.24) is 0 Å². The topological polar surface area (TPSA) is 57.7 Å². The fourth-order valence-corrected chi connectivity index (χ4v) is 4.85. The second kappa shape index (κ2) is 8.48. The molecule has 0 saturated carbocycles. The normalized spacial score (nSPS) is 15.8. The van der Waals surface area contributed by atoms with E-state index in [1.807, 2.05) is 32.0 Å². The largest absolute Gasteiger partial charge is 0.340 e. The highest BCUT2D eigenvalue weighted by molar-refractivity contribution is 7.90. The number of carbonyl (C=O) groups excluding carboxylic acids is 1. The lowest BCUT2D eigenvalue weighted by molar-refractivity contribution is 0.0984. The molecule has 0 N–H and O–H groups in total. The first kappa shape index (κ1) is 22.7. The Bertz CT molecular complexity index is 1330. The lowest BCUT2D eigenvalue weighted by Crippen LogP contribution is -2.49. The van der Waals surface area contributed by atoms with Gasteiger partial charge in [0.05, 0.1) is 16.3 Å². The van der Waals surface area contributed by atoms with Crippen molar-refractivity contribution in [3.8, 4) is 11.1 Å². The van der Waals surface area contributed by atoms with Crippen molar-refractivity contribution in [2.45, 2.75) is 24.8 Å². The van der Waals surface area contributed by atoms with Gasteiger partial charge in [-0.2, -0.15) is 0 Å². The first-order valence-electron chi connectivity index (χ1n) is 10.5. The third kappa shape index (κ3) is 4.41. The quantitative estimate of drug-likeness (QED) is 0.527. The monoisotopic (exact) mass is 464 g/mol. The van der Waals surface area contributed by atoms with E-state index in [0.717, 1.165) is 28.2 Å². The molecule has 0 radical (unpaired) electrons. The van der Waals surface area contributed by atoms with E-state index in [4.69, 9.17) is 0 Å². The second-order valence-electron chi connectivity index (χ2n) is 8.38. The molecular formula is C26H25FN2O3S. The zero-order valence-corrected chi connectivity index (χ0v) is 19.6. The maximum atomic E-state index is 13.4. The molecule has 1 heterocycles. The molecule has 3 aromatic carbocycles. The molecule has 5 nitrogen and oxygen atoms in total. The standard InChI is InChI=1S/C26H25FN2O3S/c1-17(2)29-18(3)16-28(26(30)20-5-10-22(27)11-6-20)25-15-21(9-14-24(25)29)19-7-12-23(13-8-19)33(4,31)32/h5-15,18H,1,16H2,2-4H3/t18-/m0/s1. The number of carbonyl (C=O) groups is 1. The Balaban J connectivity index is 1.81. The SMILES string of the molecule is C=C(C)N1c2ccc(-c3ccc(S(C)(=O)=O)cc3)cc2N(C(=O)c2ccc(F)cc2)C[C@@H]1C. The molecule has 1 aliphatic rings. The van der Waals surface area contributed by atoms with Crippen LogP contribution < -0.4 is 9.80 Å². The summed E-state index contributed by atoms with van der Waals surface area (Å²) in [4.78, 5) is 17.5. The van der Waals surface area contributed by atoms with E-state index >= 15 is 0 Å². The first-order chi connectivity index (χ1) is 15.6. The van der Waals surface area contributed by atoms with Gasteiger partial charge in [0.15, 0.2) is 9.84 Å². The number of halogens is 1. The fraction of sp³-hybridized carbons (Fsp3) is 0.192. The van der Waals surface area contributed by atoms with Crippen LogP contribution in [0, 0.1) is 5.82 Å². The number of hydrogen-bond acceptors (Lipinski definition) is 4. The molecule has 0 bridgehead atoms. The van der Waals surface area contributed by atoms with Gasteiger partial charge in [0, 0.05) is 30.1 Å². The van der Waals surface area contributed by atoms with Crippen molar-refractivity contribution in [1.29, 1.82) is 0 Å². The Kier molecular flexibility index (Phi) is 5.84. The average molecular weight is 465 g/mol. The number of allylic oxidation sites excluding steroid dienone is 1. The van der Waals surface area contributed by atoms with Crippen molar-refractivity contribution in [3.05, 3.63) is 90.4 Å². The molecule has 4 rings (SSSR count). The fourth-order valence-electron chi connectivity index (χ4n) is 4.22. The van der Waals surface area contributed by atoms with E-state index in [2.05, 4.69) is 11.5 Å². The highest BCUT2D eigenvalue weighted by Gasteiger charge is 2.32. The summed E-state index contributed by atoms with van der Waals surface area (Å²) in [6.45, 7) is 8.49. The van der Waals surface area contributed by atoms with Gasteiger partial charge in [0.1, 0.15) is 5.82 Å². The minimum atomic E-state index is -3.29. The minimum Gasteiger partial charge on any atom is -0.340 e. The van der Waals surface area contributed by atoms with E-state index in [1.54, 1.807) is 29.2 Å². The molecule has 7 heteroatoms.